The van der Waals surface area contributed by atoms with Crippen LogP contribution < -0.4 is 5.32 Å². The first-order chi connectivity index (χ1) is 9.70. The van der Waals surface area contributed by atoms with E-state index in [9.17, 15) is 18.5 Å². The Hall–Kier alpha value is -1.47. The lowest BCUT2D eigenvalue weighted by atomic mass is 10.1. The Morgan fingerprint density at radius 1 is 1.43 bits per heavy atom. The highest BCUT2D eigenvalue weighted by Gasteiger charge is 2.19. The number of benzene rings is 1. The lowest BCUT2D eigenvalue weighted by molar-refractivity contribution is 0.0533. The Morgan fingerprint density at radius 2 is 2.05 bits per heavy atom. The van der Waals surface area contributed by atoms with Crippen molar-refractivity contribution in [1.29, 1.82) is 0 Å². The van der Waals surface area contributed by atoms with Crippen LogP contribution in [0.3, 0.4) is 0 Å². The molecule has 0 bridgehead atoms. The largest absolute Gasteiger partial charge is 0.389 e. The summed E-state index contributed by atoms with van der Waals surface area (Å²) in [5, 5.41) is 12.2. The van der Waals surface area contributed by atoms with E-state index in [-0.39, 0.29) is 29.8 Å². The Bertz CT molecular complexity index is 517. The molecule has 1 atom stereocenters. The highest BCUT2D eigenvalue weighted by atomic mass is 32.2. The zero-order chi connectivity index (χ0) is 16.0. The molecule has 0 aromatic heterocycles. The van der Waals surface area contributed by atoms with Crippen LogP contribution in [0.2, 0.25) is 0 Å². The van der Waals surface area contributed by atoms with Crippen LogP contribution in [-0.2, 0) is 10.8 Å². The van der Waals surface area contributed by atoms with Crippen molar-refractivity contribution in [2.75, 3.05) is 25.9 Å². The zero-order valence-electron chi connectivity index (χ0n) is 12.4. The minimum absolute atomic E-state index is 0.128. The van der Waals surface area contributed by atoms with E-state index in [2.05, 4.69) is 5.32 Å². The van der Waals surface area contributed by atoms with Gasteiger partial charge in [-0.3, -0.25) is 4.21 Å². The van der Waals surface area contributed by atoms with Crippen molar-refractivity contribution in [3.05, 3.63) is 30.1 Å². The second kappa shape index (κ2) is 7.51. The molecule has 118 valence electrons. The molecule has 2 amide bonds. The molecule has 1 rings (SSSR count). The van der Waals surface area contributed by atoms with Gasteiger partial charge in [0.05, 0.1) is 27.8 Å². The molecule has 2 N–H and O–H groups in total. The topological polar surface area (TPSA) is 69.6 Å². The molecule has 0 fully saturated rings. The number of carbonyl (C=O) groups excluding carboxylic acids is 1. The summed E-state index contributed by atoms with van der Waals surface area (Å²) in [7, 11) is 0.0554. The fourth-order valence-electron chi connectivity index (χ4n) is 1.78. The number of aliphatic hydroxyl groups is 1. The number of amides is 2. The highest BCUT2D eigenvalue weighted by Crippen LogP contribution is 2.11. The SMILES string of the molecule is CN(CC(C)(C)O)C(=O)NCC[S@](=O)c1ccccc1F. The number of halogens is 1. The van der Waals surface area contributed by atoms with E-state index in [0.29, 0.717) is 0 Å². The summed E-state index contributed by atoms with van der Waals surface area (Å²) in [6.45, 7) is 3.54. The third kappa shape index (κ3) is 6.22. The average Bonchev–Trinajstić information content (AvgIpc) is 2.36. The fourth-order valence-corrected chi connectivity index (χ4v) is 2.80. The minimum atomic E-state index is -1.50. The Kier molecular flexibility index (Phi) is 6.29. The summed E-state index contributed by atoms with van der Waals surface area (Å²) < 4.78 is 25.3. The van der Waals surface area contributed by atoms with E-state index in [1.165, 1.54) is 23.1 Å². The van der Waals surface area contributed by atoms with Gasteiger partial charge in [-0.1, -0.05) is 12.1 Å². The summed E-state index contributed by atoms with van der Waals surface area (Å²) in [5.41, 5.74) is -0.984. The second-order valence-electron chi connectivity index (χ2n) is 5.38. The maximum Gasteiger partial charge on any atom is 0.317 e. The van der Waals surface area contributed by atoms with Crippen LogP contribution in [0.15, 0.2) is 29.2 Å². The van der Waals surface area contributed by atoms with Crippen molar-refractivity contribution in [2.24, 2.45) is 0 Å². The maximum atomic E-state index is 13.4. The predicted octanol–water partition coefficient (Wildman–Crippen LogP) is 1.35. The predicted molar refractivity (Wildman–Crippen MR) is 80.0 cm³/mol. The van der Waals surface area contributed by atoms with Gasteiger partial charge in [0.25, 0.3) is 0 Å². The molecule has 0 spiro atoms. The zero-order valence-corrected chi connectivity index (χ0v) is 13.2. The van der Waals surface area contributed by atoms with Gasteiger partial charge in [-0.2, -0.15) is 0 Å². The van der Waals surface area contributed by atoms with E-state index in [1.54, 1.807) is 27.0 Å². The van der Waals surface area contributed by atoms with Crippen LogP contribution >= 0.6 is 0 Å². The fraction of sp³-hybridized carbons (Fsp3) is 0.500. The number of carbonyl (C=O) groups is 1. The van der Waals surface area contributed by atoms with Gasteiger partial charge < -0.3 is 15.3 Å². The number of hydrogen-bond donors (Lipinski definition) is 2. The molecule has 21 heavy (non-hydrogen) atoms. The van der Waals surface area contributed by atoms with Gasteiger partial charge in [-0.05, 0) is 26.0 Å². The summed E-state index contributed by atoms with van der Waals surface area (Å²) in [6.07, 6.45) is 0. The molecule has 0 saturated heterocycles. The van der Waals surface area contributed by atoms with E-state index < -0.39 is 22.2 Å². The van der Waals surface area contributed by atoms with E-state index in [0.717, 1.165) is 0 Å². The molecule has 0 heterocycles. The Labute approximate surface area is 126 Å². The highest BCUT2D eigenvalue weighted by molar-refractivity contribution is 7.85. The quantitative estimate of drug-likeness (QED) is 0.832. The molecule has 0 aliphatic rings. The van der Waals surface area contributed by atoms with Crippen molar-refractivity contribution in [1.82, 2.24) is 10.2 Å². The lowest BCUT2D eigenvalue weighted by Crippen LogP contribution is -2.45. The number of hydrogen-bond acceptors (Lipinski definition) is 3. The monoisotopic (exact) mass is 316 g/mol. The number of likely N-dealkylation sites (N-methyl/N-ethyl adjacent to an activating group) is 1. The van der Waals surface area contributed by atoms with Crippen molar-refractivity contribution in [3.63, 3.8) is 0 Å². The van der Waals surface area contributed by atoms with Gasteiger partial charge >= 0.3 is 6.03 Å². The van der Waals surface area contributed by atoms with Gasteiger partial charge in [0.1, 0.15) is 5.82 Å². The standard InChI is InChI=1S/C14H21FN2O3S/c1-14(2,19)10-17(3)13(18)16-8-9-21(20)12-7-5-4-6-11(12)15/h4-7,19H,8-10H2,1-3H3,(H,16,18)/t21-/m0/s1. The normalized spacial score (nSPS) is 12.8. The summed E-state index contributed by atoms with van der Waals surface area (Å²) in [4.78, 5) is 13.2. The molecule has 0 aliphatic heterocycles. The number of urea groups is 1. The second-order valence-corrected chi connectivity index (χ2v) is 6.92. The summed E-state index contributed by atoms with van der Waals surface area (Å²) in [6, 6.07) is 5.49. The molecule has 0 unspecified atom stereocenters. The number of rotatable bonds is 6. The Morgan fingerprint density at radius 3 is 2.62 bits per heavy atom. The smallest absolute Gasteiger partial charge is 0.317 e. The third-order valence-corrected chi connectivity index (χ3v) is 4.01. The van der Waals surface area contributed by atoms with E-state index in [4.69, 9.17) is 0 Å². The lowest BCUT2D eigenvalue weighted by Gasteiger charge is -2.25. The number of nitrogens with zero attached hydrogens (tertiary/aromatic N) is 1. The Balaban J connectivity index is 2.42. The molecule has 5 nitrogen and oxygen atoms in total. The van der Waals surface area contributed by atoms with Crippen molar-refractivity contribution in [3.8, 4) is 0 Å². The summed E-state index contributed by atoms with van der Waals surface area (Å²) in [5.74, 6) is -0.385. The van der Waals surface area contributed by atoms with E-state index in [1.807, 2.05) is 0 Å². The van der Waals surface area contributed by atoms with Crippen molar-refractivity contribution >= 4 is 16.8 Å². The van der Waals surface area contributed by atoms with Crippen LogP contribution in [-0.4, -0.2) is 51.7 Å². The van der Waals surface area contributed by atoms with Crippen LogP contribution in [0, 0.1) is 5.82 Å². The van der Waals surface area contributed by atoms with Crippen LogP contribution in [0.4, 0.5) is 9.18 Å². The third-order valence-electron chi connectivity index (χ3n) is 2.62. The van der Waals surface area contributed by atoms with Crippen molar-refractivity contribution < 1.29 is 18.5 Å². The first kappa shape index (κ1) is 17.6. The number of nitrogens with one attached hydrogen (secondary N) is 1. The molecule has 0 radical (unpaired) electrons. The molecular formula is C14H21FN2O3S. The van der Waals surface area contributed by atoms with Crippen molar-refractivity contribution in [2.45, 2.75) is 24.3 Å². The average molecular weight is 316 g/mol. The first-order valence-electron chi connectivity index (χ1n) is 6.55. The van der Waals surface area contributed by atoms with E-state index >= 15 is 0 Å². The van der Waals surface area contributed by atoms with Gasteiger partial charge in [0.15, 0.2) is 0 Å². The molecule has 1 aromatic carbocycles. The van der Waals surface area contributed by atoms with Gasteiger partial charge in [0, 0.05) is 19.3 Å². The van der Waals surface area contributed by atoms with Gasteiger partial charge in [-0.25, -0.2) is 9.18 Å². The van der Waals surface area contributed by atoms with Gasteiger partial charge in [-0.15, -0.1) is 0 Å². The minimum Gasteiger partial charge on any atom is -0.389 e. The van der Waals surface area contributed by atoms with Crippen LogP contribution in [0.25, 0.3) is 0 Å². The molecule has 0 saturated carbocycles. The summed E-state index contributed by atoms with van der Waals surface area (Å²) >= 11 is 0. The van der Waals surface area contributed by atoms with Crippen LogP contribution in [0.1, 0.15) is 13.8 Å². The molecule has 7 heteroatoms. The molecular weight excluding hydrogens is 295 g/mol. The first-order valence-corrected chi connectivity index (χ1v) is 7.87. The molecule has 1 aromatic rings. The maximum absolute atomic E-state index is 13.4. The molecule has 0 aliphatic carbocycles. The van der Waals surface area contributed by atoms with Gasteiger partial charge in [0.2, 0.25) is 0 Å². The van der Waals surface area contributed by atoms with Crippen LogP contribution in [0.5, 0.6) is 0 Å².